The van der Waals surface area contributed by atoms with Gasteiger partial charge in [-0.05, 0) is 29.8 Å². The molecule has 0 spiro atoms. The number of ether oxygens (including phenoxy) is 3. The molecule has 0 aliphatic carbocycles. The monoisotopic (exact) mass is 327 g/mol. The maximum atomic E-state index is 6.28. The van der Waals surface area contributed by atoms with Gasteiger partial charge in [-0.2, -0.15) is 0 Å². The van der Waals surface area contributed by atoms with Crippen LogP contribution in [0.1, 0.15) is 18.1 Å². The Morgan fingerprint density at radius 3 is 2.29 bits per heavy atom. The van der Waals surface area contributed by atoms with Crippen LogP contribution in [-0.4, -0.2) is 44.9 Å². The topological polar surface area (TPSA) is 30.9 Å². The van der Waals surface area contributed by atoms with Crippen molar-refractivity contribution in [1.29, 1.82) is 0 Å². The summed E-state index contributed by atoms with van der Waals surface area (Å²) in [7, 11) is 1.67. The van der Waals surface area contributed by atoms with Gasteiger partial charge in [0.05, 0.1) is 20.3 Å². The molecule has 24 heavy (non-hydrogen) atoms. The lowest BCUT2D eigenvalue weighted by atomic mass is 10.1. The van der Waals surface area contributed by atoms with E-state index in [1.54, 1.807) is 7.11 Å². The number of rotatable bonds is 7. The fourth-order valence-corrected chi connectivity index (χ4v) is 2.90. The second-order valence-corrected chi connectivity index (χ2v) is 5.94. The third-order valence-electron chi connectivity index (χ3n) is 4.32. The highest BCUT2D eigenvalue weighted by atomic mass is 16.5. The van der Waals surface area contributed by atoms with Crippen LogP contribution in [-0.2, 0) is 4.74 Å². The molecule has 2 aromatic carbocycles. The molecular formula is C20H25NO3. The van der Waals surface area contributed by atoms with E-state index >= 15 is 0 Å². The Morgan fingerprint density at radius 2 is 1.62 bits per heavy atom. The highest BCUT2D eigenvalue weighted by molar-refractivity contribution is 5.32. The Bertz CT molecular complexity index is 594. The van der Waals surface area contributed by atoms with Crippen LogP contribution in [0.3, 0.4) is 0 Å². The van der Waals surface area contributed by atoms with Crippen molar-refractivity contribution in [2.24, 2.45) is 0 Å². The molecule has 0 bridgehead atoms. The van der Waals surface area contributed by atoms with E-state index in [-0.39, 0.29) is 6.10 Å². The minimum atomic E-state index is 0.0439. The Labute approximate surface area is 144 Å². The zero-order valence-corrected chi connectivity index (χ0v) is 14.2. The van der Waals surface area contributed by atoms with Crippen LogP contribution in [0.5, 0.6) is 11.5 Å². The molecule has 1 fully saturated rings. The largest absolute Gasteiger partial charge is 0.497 e. The van der Waals surface area contributed by atoms with Crippen LogP contribution in [0.4, 0.5) is 0 Å². The van der Waals surface area contributed by atoms with Crippen LogP contribution in [0.15, 0.2) is 54.6 Å². The maximum Gasteiger partial charge on any atom is 0.125 e. The van der Waals surface area contributed by atoms with Crippen LogP contribution in [0.25, 0.3) is 0 Å². The standard InChI is InChI=1S/C20H25NO3/c1-22-18-7-9-19(10-8-18)24-20(17-5-3-2-4-6-17)11-12-21-13-15-23-16-14-21/h2-10,20H,11-16H2,1H3. The second-order valence-electron chi connectivity index (χ2n) is 5.94. The van der Waals surface area contributed by atoms with Gasteiger partial charge in [0, 0.05) is 26.1 Å². The first-order valence-corrected chi connectivity index (χ1v) is 8.51. The van der Waals surface area contributed by atoms with E-state index in [0.29, 0.717) is 0 Å². The average molecular weight is 327 g/mol. The van der Waals surface area contributed by atoms with E-state index in [9.17, 15) is 0 Å². The second kappa shape index (κ2) is 8.71. The SMILES string of the molecule is COc1ccc(OC(CCN2CCOCC2)c2ccccc2)cc1. The molecule has 4 nitrogen and oxygen atoms in total. The summed E-state index contributed by atoms with van der Waals surface area (Å²) >= 11 is 0. The predicted molar refractivity (Wildman–Crippen MR) is 94.7 cm³/mol. The van der Waals surface area contributed by atoms with E-state index in [2.05, 4.69) is 29.2 Å². The molecule has 2 aromatic rings. The summed E-state index contributed by atoms with van der Waals surface area (Å²) in [5, 5.41) is 0. The number of hydrogen-bond donors (Lipinski definition) is 0. The first kappa shape index (κ1) is 16.8. The highest BCUT2D eigenvalue weighted by Crippen LogP contribution is 2.26. The molecule has 1 aliphatic rings. The van der Waals surface area contributed by atoms with Crippen LogP contribution in [0, 0.1) is 0 Å². The van der Waals surface area contributed by atoms with Crippen molar-refractivity contribution < 1.29 is 14.2 Å². The zero-order valence-electron chi connectivity index (χ0n) is 14.2. The minimum absolute atomic E-state index is 0.0439. The lowest BCUT2D eigenvalue weighted by Crippen LogP contribution is -2.37. The Morgan fingerprint density at radius 1 is 0.958 bits per heavy atom. The van der Waals surface area contributed by atoms with E-state index in [4.69, 9.17) is 14.2 Å². The molecule has 0 amide bonds. The van der Waals surface area contributed by atoms with Gasteiger partial charge in [0.15, 0.2) is 0 Å². The molecule has 4 heteroatoms. The van der Waals surface area contributed by atoms with Crippen molar-refractivity contribution in [2.45, 2.75) is 12.5 Å². The number of benzene rings is 2. The molecule has 1 atom stereocenters. The predicted octanol–water partition coefficient (Wildman–Crippen LogP) is 3.54. The first-order valence-electron chi connectivity index (χ1n) is 8.51. The third kappa shape index (κ3) is 4.73. The number of nitrogens with zero attached hydrogens (tertiary/aromatic N) is 1. The summed E-state index contributed by atoms with van der Waals surface area (Å²) in [5.74, 6) is 1.71. The van der Waals surface area contributed by atoms with Crippen molar-refractivity contribution in [1.82, 2.24) is 4.90 Å². The van der Waals surface area contributed by atoms with E-state index in [0.717, 1.165) is 50.8 Å². The van der Waals surface area contributed by atoms with Gasteiger partial charge in [-0.3, -0.25) is 4.90 Å². The van der Waals surface area contributed by atoms with Crippen molar-refractivity contribution in [3.05, 3.63) is 60.2 Å². The van der Waals surface area contributed by atoms with E-state index in [1.165, 1.54) is 5.56 Å². The minimum Gasteiger partial charge on any atom is -0.497 e. The molecular weight excluding hydrogens is 302 g/mol. The Kier molecular flexibility index (Phi) is 6.10. The molecule has 0 aromatic heterocycles. The van der Waals surface area contributed by atoms with Gasteiger partial charge in [-0.15, -0.1) is 0 Å². The highest BCUT2D eigenvalue weighted by Gasteiger charge is 2.17. The molecule has 3 rings (SSSR count). The number of methoxy groups -OCH3 is 1. The lowest BCUT2D eigenvalue weighted by molar-refractivity contribution is 0.0317. The molecule has 1 unspecified atom stereocenters. The summed E-state index contributed by atoms with van der Waals surface area (Å²) in [6.45, 7) is 4.68. The van der Waals surface area contributed by atoms with Gasteiger partial charge in [-0.25, -0.2) is 0 Å². The van der Waals surface area contributed by atoms with Crippen LogP contribution in [0.2, 0.25) is 0 Å². The van der Waals surface area contributed by atoms with Crippen molar-refractivity contribution >= 4 is 0 Å². The summed E-state index contributed by atoms with van der Waals surface area (Å²) in [6.07, 6.45) is 0.998. The van der Waals surface area contributed by atoms with Gasteiger partial charge in [0.1, 0.15) is 17.6 Å². The molecule has 1 heterocycles. The van der Waals surface area contributed by atoms with E-state index in [1.807, 2.05) is 30.3 Å². The summed E-state index contributed by atoms with van der Waals surface area (Å²) in [4.78, 5) is 2.44. The summed E-state index contributed by atoms with van der Waals surface area (Å²) in [6, 6.07) is 18.2. The maximum absolute atomic E-state index is 6.28. The normalized spacial score (nSPS) is 16.5. The fraction of sp³-hybridized carbons (Fsp3) is 0.400. The average Bonchev–Trinajstić information content (AvgIpc) is 2.67. The molecule has 128 valence electrons. The zero-order chi connectivity index (χ0) is 16.6. The summed E-state index contributed by atoms with van der Waals surface area (Å²) < 4.78 is 16.9. The van der Waals surface area contributed by atoms with Gasteiger partial charge in [0.25, 0.3) is 0 Å². The van der Waals surface area contributed by atoms with Crippen molar-refractivity contribution in [3.8, 4) is 11.5 Å². The number of hydrogen-bond acceptors (Lipinski definition) is 4. The van der Waals surface area contributed by atoms with Crippen LogP contribution < -0.4 is 9.47 Å². The first-order chi connectivity index (χ1) is 11.8. The third-order valence-corrected chi connectivity index (χ3v) is 4.32. The number of morpholine rings is 1. The van der Waals surface area contributed by atoms with Crippen molar-refractivity contribution in [2.75, 3.05) is 40.0 Å². The van der Waals surface area contributed by atoms with Crippen LogP contribution >= 0.6 is 0 Å². The van der Waals surface area contributed by atoms with Gasteiger partial charge < -0.3 is 14.2 Å². The molecule has 0 saturated carbocycles. The van der Waals surface area contributed by atoms with E-state index < -0.39 is 0 Å². The Balaban J connectivity index is 1.66. The molecule has 1 saturated heterocycles. The van der Waals surface area contributed by atoms with Crippen molar-refractivity contribution in [3.63, 3.8) is 0 Å². The Hall–Kier alpha value is -2.04. The lowest BCUT2D eigenvalue weighted by Gasteiger charge is -2.28. The quantitative estimate of drug-likeness (QED) is 0.778. The molecule has 0 radical (unpaired) electrons. The molecule has 1 aliphatic heterocycles. The van der Waals surface area contributed by atoms with Gasteiger partial charge >= 0.3 is 0 Å². The fourth-order valence-electron chi connectivity index (χ4n) is 2.90. The van der Waals surface area contributed by atoms with Gasteiger partial charge in [0.2, 0.25) is 0 Å². The van der Waals surface area contributed by atoms with Gasteiger partial charge in [-0.1, -0.05) is 30.3 Å². The summed E-state index contributed by atoms with van der Waals surface area (Å²) in [5.41, 5.74) is 1.21. The molecule has 0 N–H and O–H groups in total. The smallest absolute Gasteiger partial charge is 0.125 e.